The van der Waals surface area contributed by atoms with Crippen molar-refractivity contribution in [1.29, 1.82) is 0 Å². The number of nitrogen functional groups attached to an aromatic ring is 1. The fraction of sp³-hybridized carbons (Fsp3) is 0.308. The molecule has 0 aliphatic carbocycles. The predicted molar refractivity (Wildman–Crippen MR) is 79.8 cm³/mol. The number of benzene rings is 1. The van der Waals surface area contributed by atoms with Gasteiger partial charge in [0, 0.05) is 17.4 Å². The van der Waals surface area contributed by atoms with E-state index in [9.17, 15) is 8.42 Å². The van der Waals surface area contributed by atoms with Crippen LogP contribution in [0, 0.1) is 0 Å². The molecule has 0 fully saturated rings. The highest BCUT2D eigenvalue weighted by Crippen LogP contribution is 2.17. The Bertz CT molecular complexity index is 692. The van der Waals surface area contributed by atoms with E-state index in [4.69, 9.17) is 5.73 Å². The van der Waals surface area contributed by atoms with Gasteiger partial charge in [0.15, 0.2) is 5.82 Å². The quantitative estimate of drug-likeness (QED) is 0.735. The summed E-state index contributed by atoms with van der Waals surface area (Å²) in [6.45, 7) is 4.00. The molecule has 2 rings (SSSR count). The summed E-state index contributed by atoms with van der Waals surface area (Å²) < 4.78 is 26.6. The molecule has 4 N–H and O–H groups in total. The zero-order valence-corrected chi connectivity index (χ0v) is 12.2. The van der Waals surface area contributed by atoms with Crippen molar-refractivity contribution in [3.05, 3.63) is 41.6 Å². The van der Waals surface area contributed by atoms with E-state index >= 15 is 0 Å². The van der Waals surface area contributed by atoms with Gasteiger partial charge in [0.2, 0.25) is 10.0 Å². The minimum atomic E-state index is -3.50. The van der Waals surface area contributed by atoms with Gasteiger partial charge in [-0.15, -0.1) is 0 Å². The Hall–Kier alpha value is -2.02. The fourth-order valence-corrected chi connectivity index (χ4v) is 2.90. The van der Waals surface area contributed by atoms with Crippen molar-refractivity contribution in [3.8, 4) is 0 Å². The second-order valence-corrected chi connectivity index (χ2v) is 6.69. The van der Waals surface area contributed by atoms with Crippen LogP contribution in [0.15, 0.2) is 30.3 Å². The Morgan fingerprint density at radius 3 is 2.70 bits per heavy atom. The van der Waals surface area contributed by atoms with Gasteiger partial charge in [0.1, 0.15) is 0 Å². The smallest absolute Gasteiger partial charge is 0.238 e. The molecule has 1 aromatic heterocycles. The maximum atomic E-state index is 12.1. The van der Waals surface area contributed by atoms with Gasteiger partial charge in [-0.2, -0.15) is 5.10 Å². The van der Waals surface area contributed by atoms with Crippen molar-refractivity contribution in [1.82, 2.24) is 10.2 Å². The van der Waals surface area contributed by atoms with Gasteiger partial charge in [-0.3, -0.25) is 9.82 Å². The van der Waals surface area contributed by atoms with Crippen molar-refractivity contribution < 1.29 is 8.42 Å². The summed E-state index contributed by atoms with van der Waals surface area (Å²) in [6, 6.07) is 8.50. The standard InChI is InChI=1S/C13H18N4O2S/c1-9(2)12-7-13(16-15-12)17-20(18,19)8-10-4-3-5-11(14)6-10/h3-7,9H,8,14H2,1-2H3,(H2,15,16,17). The number of hydrogen-bond donors (Lipinski definition) is 3. The van der Waals surface area contributed by atoms with Crippen molar-refractivity contribution in [2.24, 2.45) is 0 Å². The number of aromatic nitrogens is 2. The lowest BCUT2D eigenvalue weighted by atomic mass is 10.1. The molecule has 0 radical (unpaired) electrons. The van der Waals surface area contributed by atoms with Crippen LogP contribution in [0.25, 0.3) is 0 Å². The maximum absolute atomic E-state index is 12.1. The van der Waals surface area contributed by atoms with Gasteiger partial charge in [-0.25, -0.2) is 8.42 Å². The highest BCUT2D eigenvalue weighted by atomic mass is 32.2. The van der Waals surface area contributed by atoms with E-state index in [0.29, 0.717) is 17.1 Å². The second-order valence-electron chi connectivity index (χ2n) is 4.97. The molecule has 1 heterocycles. The van der Waals surface area contributed by atoms with Crippen molar-refractivity contribution >= 4 is 21.5 Å². The molecule has 0 atom stereocenters. The zero-order valence-electron chi connectivity index (χ0n) is 11.4. The van der Waals surface area contributed by atoms with Crippen LogP contribution in [0.2, 0.25) is 0 Å². The van der Waals surface area contributed by atoms with Gasteiger partial charge < -0.3 is 5.73 Å². The third-order valence-electron chi connectivity index (χ3n) is 2.79. The van der Waals surface area contributed by atoms with E-state index in [1.807, 2.05) is 13.8 Å². The maximum Gasteiger partial charge on any atom is 0.238 e. The Labute approximate surface area is 118 Å². The molecule has 7 heteroatoms. The van der Waals surface area contributed by atoms with Crippen LogP contribution in [-0.2, 0) is 15.8 Å². The molecule has 0 saturated heterocycles. The van der Waals surface area contributed by atoms with Crippen LogP contribution in [0.3, 0.4) is 0 Å². The highest BCUT2D eigenvalue weighted by Gasteiger charge is 2.14. The van der Waals surface area contributed by atoms with Crippen LogP contribution in [-0.4, -0.2) is 18.6 Å². The molecule has 0 unspecified atom stereocenters. The van der Waals surface area contributed by atoms with E-state index in [1.54, 1.807) is 30.3 Å². The first-order chi connectivity index (χ1) is 9.35. The molecule has 108 valence electrons. The second kappa shape index (κ2) is 5.54. The number of nitrogens with two attached hydrogens (primary N) is 1. The Morgan fingerprint density at radius 1 is 1.35 bits per heavy atom. The fourth-order valence-electron chi connectivity index (χ4n) is 1.78. The highest BCUT2D eigenvalue weighted by molar-refractivity contribution is 7.91. The molecule has 1 aromatic carbocycles. The summed E-state index contributed by atoms with van der Waals surface area (Å²) >= 11 is 0. The molecule has 0 aliphatic rings. The first-order valence-electron chi connectivity index (χ1n) is 6.26. The number of sulfonamides is 1. The van der Waals surface area contributed by atoms with Crippen molar-refractivity contribution in [3.63, 3.8) is 0 Å². The van der Waals surface area contributed by atoms with E-state index in [0.717, 1.165) is 5.69 Å². The number of nitrogens with one attached hydrogen (secondary N) is 2. The predicted octanol–water partition coefficient (Wildman–Crippen LogP) is 2.06. The molecule has 6 nitrogen and oxygen atoms in total. The lowest BCUT2D eigenvalue weighted by Crippen LogP contribution is -2.15. The monoisotopic (exact) mass is 294 g/mol. The van der Waals surface area contributed by atoms with Crippen LogP contribution in [0.5, 0.6) is 0 Å². The number of aromatic amines is 1. The summed E-state index contributed by atoms with van der Waals surface area (Å²) in [5.74, 6) is 0.425. The Kier molecular flexibility index (Phi) is 3.99. The average Bonchev–Trinajstić information content (AvgIpc) is 2.75. The van der Waals surface area contributed by atoms with Gasteiger partial charge in [-0.1, -0.05) is 26.0 Å². The lowest BCUT2D eigenvalue weighted by Gasteiger charge is -2.06. The number of rotatable bonds is 5. The summed E-state index contributed by atoms with van der Waals surface area (Å²) in [4.78, 5) is 0. The Balaban J connectivity index is 2.10. The summed E-state index contributed by atoms with van der Waals surface area (Å²) in [5, 5.41) is 6.75. The minimum absolute atomic E-state index is 0.137. The van der Waals surface area contributed by atoms with E-state index < -0.39 is 10.0 Å². The summed E-state index contributed by atoms with van der Waals surface area (Å²) in [5.41, 5.74) is 7.69. The van der Waals surface area contributed by atoms with Crippen LogP contribution in [0.4, 0.5) is 11.5 Å². The molecular weight excluding hydrogens is 276 g/mol. The van der Waals surface area contributed by atoms with Gasteiger partial charge >= 0.3 is 0 Å². The van der Waals surface area contributed by atoms with Crippen LogP contribution >= 0.6 is 0 Å². The number of H-pyrrole nitrogens is 1. The van der Waals surface area contributed by atoms with Gasteiger partial charge in [-0.05, 0) is 23.6 Å². The lowest BCUT2D eigenvalue weighted by molar-refractivity contribution is 0.600. The van der Waals surface area contributed by atoms with E-state index in [2.05, 4.69) is 14.9 Å². The minimum Gasteiger partial charge on any atom is -0.399 e. The molecule has 0 spiro atoms. The molecular formula is C13H18N4O2S. The molecule has 20 heavy (non-hydrogen) atoms. The number of hydrogen-bond acceptors (Lipinski definition) is 4. The van der Waals surface area contributed by atoms with Crippen LogP contribution in [0.1, 0.15) is 31.0 Å². The van der Waals surface area contributed by atoms with E-state index in [1.165, 1.54) is 0 Å². The van der Waals surface area contributed by atoms with Gasteiger partial charge in [0.05, 0.1) is 5.75 Å². The largest absolute Gasteiger partial charge is 0.399 e. The average molecular weight is 294 g/mol. The molecule has 0 bridgehead atoms. The number of nitrogens with zero attached hydrogens (tertiary/aromatic N) is 1. The first-order valence-corrected chi connectivity index (χ1v) is 7.91. The SMILES string of the molecule is CC(C)c1cc(NS(=O)(=O)Cc2cccc(N)c2)n[nH]1. The topological polar surface area (TPSA) is 101 Å². The zero-order chi connectivity index (χ0) is 14.8. The number of anilines is 2. The molecule has 2 aromatic rings. The Morgan fingerprint density at radius 2 is 2.10 bits per heavy atom. The molecule has 0 aliphatic heterocycles. The molecule has 0 amide bonds. The van der Waals surface area contributed by atoms with Crippen LogP contribution < -0.4 is 10.5 Å². The van der Waals surface area contributed by atoms with Crippen molar-refractivity contribution in [2.45, 2.75) is 25.5 Å². The summed E-state index contributed by atoms with van der Waals surface area (Å²) in [7, 11) is -3.50. The third-order valence-corrected chi connectivity index (χ3v) is 4.02. The van der Waals surface area contributed by atoms with Crippen molar-refractivity contribution in [2.75, 3.05) is 10.5 Å². The molecule has 0 saturated carbocycles. The third kappa shape index (κ3) is 3.74. The van der Waals surface area contributed by atoms with Gasteiger partial charge in [0.25, 0.3) is 0 Å². The summed E-state index contributed by atoms with van der Waals surface area (Å²) in [6.07, 6.45) is 0. The van der Waals surface area contributed by atoms with E-state index in [-0.39, 0.29) is 11.7 Å². The normalized spacial score (nSPS) is 11.8. The first kappa shape index (κ1) is 14.4.